The molecule has 0 saturated heterocycles. The van der Waals surface area contributed by atoms with Crippen LogP contribution < -0.4 is 4.74 Å². The molecule has 1 heterocycles. The van der Waals surface area contributed by atoms with Crippen LogP contribution in [0.2, 0.25) is 0 Å². The van der Waals surface area contributed by atoms with E-state index in [9.17, 15) is 0 Å². The summed E-state index contributed by atoms with van der Waals surface area (Å²) >= 11 is 0. The molecular weight excluding hydrogens is 190 g/mol. The van der Waals surface area contributed by atoms with Crippen molar-refractivity contribution < 1.29 is 4.74 Å². The summed E-state index contributed by atoms with van der Waals surface area (Å²) in [7, 11) is 4.20. The lowest BCUT2D eigenvalue weighted by Gasteiger charge is -2.26. The second kappa shape index (κ2) is 4.57. The maximum atomic E-state index is 5.83. The zero-order valence-corrected chi connectivity index (χ0v) is 9.26. The molecule has 0 bridgehead atoms. The Kier molecular flexibility index (Phi) is 3.16. The van der Waals surface area contributed by atoms with E-state index in [4.69, 9.17) is 4.74 Å². The summed E-state index contributed by atoms with van der Waals surface area (Å²) in [5, 5.41) is 0. The molecule has 1 aliphatic carbocycles. The van der Waals surface area contributed by atoms with E-state index in [0.29, 0.717) is 11.9 Å². The van der Waals surface area contributed by atoms with E-state index in [1.54, 1.807) is 18.6 Å². The van der Waals surface area contributed by atoms with Crippen LogP contribution in [0.15, 0.2) is 18.6 Å². The van der Waals surface area contributed by atoms with Crippen molar-refractivity contribution in [1.29, 1.82) is 0 Å². The maximum absolute atomic E-state index is 5.83. The van der Waals surface area contributed by atoms with Gasteiger partial charge in [-0.15, -0.1) is 0 Å². The van der Waals surface area contributed by atoms with E-state index in [0.717, 1.165) is 6.42 Å². The maximum Gasteiger partial charge on any atom is 0.232 e. The summed E-state index contributed by atoms with van der Waals surface area (Å²) < 4.78 is 5.83. The van der Waals surface area contributed by atoms with Gasteiger partial charge in [-0.25, -0.2) is 4.98 Å². The Balaban J connectivity index is 2.00. The van der Waals surface area contributed by atoms with E-state index in [-0.39, 0.29) is 6.10 Å². The summed E-state index contributed by atoms with van der Waals surface area (Å²) in [6.45, 7) is 0. The van der Waals surface area contributed by atoms with Crippen LogP contribution in [-0.2, 0) is 0 Å². The smallest absolute Gasteiger partial charge is 0.232 e. The predicted octanol–water partition coefficient (Wildman–Crippen LogP) is 1.34. The molecule has 1 aromatic rings. The van der Waals surface area contributed by atoms with Gasteiger partial charge in [0.1, 0.15) is 6.10 Å². The molecule has 2 atom stereocenters. The van der Waals surface area contributed by atoms with Gasteiger partial charge in [-0.2, -0.15) is 0 Å². The topological polar surface area (TPSA) is 38.2 Å². The standard InChI is InChI=1S/C11H17N3O/c1-14(2)9-4-3-5-10(9)15-11-8-12-6-7-13-11/h6-10H,3-5H2,1-2H3. The first-order valence-corrected chi connectivity index (χ1v) is 5.36. The van der Waals surface area contributed by atoms with E-state index in [2.05, 4.69) is 29.0 Å². The van der Waals surface area contributed by atoms with Crippen molar-refractivity contribution in [2.24, 2.45) is 0 Å². The van der Waals surface area contributed by atoms with Crippen LogP contribution in [-0.4, -0.2) is 41.1 Å². The minimum absolute atomic E-state index is 0.261. The number of hydrogen-bond donors (Lipinski definition) is 0. The molecule has 4 nitrogen and oxygen atoms in total. The Morgan fingerprint density at radius 3 is 2.87 bits per heavy atom. The first-order chi connectivity index (χ1) is 7.27. The number of nitrogens with zero attached hydrogens (tertiary/aromatic N) is 3. The van der Waals surface area contributed by atoms with Crippen molar-refractivity contribution in [2.75, 3.05) is 14.1 Å². The van der Waals surface area contributed by atoms with Crippen molar-refractivity contribution in [3.05, 3.63) is 18.6 Å². The third kappa shape index (κ3) is 2.45. The molecular formula is C11H17N3O. The van der Waals surface area contributed by atoms with Gasteiger partial charge in [-0.3, -0.25) is 4.98 Å². The van der Waals surface area contributed by atoms with Crippen LogP contribution in [0.5, 0.6) is 5.88 Å². The van der Waals surface area contributed by atoms with Gasteiger partial charge in [0.2, 0.25) is 5.88 Å². The van der Waals surface area contributed by atoms with Gasteiger partial charge in [0.05, 0.1) is 6.20 Å². The second-order valence-corrected chi connectivity index (χ2v) is 4.16. The fourth-order valence-electron chi connectivity index (χ4n) is 2.14. The second-order valence-electron chi connectivity index (χ2n) is 4.16. The molecule has 1 saturated carbocycles. The van der Waals surface area contributed by atoms with Crippen LogP contribution in [0.1, 0.15) is 19.3 Å². The predicted molar refractivity (Wildman–Crippen MR) is 57.8 cm³/mol. The van der Waals surface area contributed by atoms with Crippen LogP contribution in [0.3, 0.4) is 0 Å². The Bertz CT molecular complexity index is 302. The molecule has 4 heteroatoms. The molecule has 0 amide bonds. The molecule has 82 valence electrons. The van der Waals surface area contributed by atoms with Crippen LogP contribution in [0, 0.1) is 0 Å². The summed E-state index contributed by atoms with van der Waals surface area (Å²) in [5.74, 6) is 0.635. The van der Waals surface area contributed by atoms with Crippen molar-refractivity contribution in [1.82, 2.24) is 14.9 Å². The number of ether oxygens (including phenoxy) is 1. The Morgan fingerprint density at radius 2 is 2.20 bits per heavy atom. The van der Waals surface area contributed by atoms with Crippen LogP contribution in [0.4, 0.5) is 0 Å². The first kappa shape index (κ1) is 10.4. The van der Waals surface area contributed by atoms with Gasteiger partial charge in [-0.05, 0) is 33.4 Å². The van der Waals surface area contributed by atoms with Crippen molar-refractivity contribution >= 4 is 0 Å². The van der Waals surface area contributed by atoms with Crippen LogP contribution >= 0.6 is 0 Å². The molecule has 0 spiro atoms. The molecule has 1 aliphatic rings. The quantitative estimate of drug-likeness (QED) is 0.749. The van der Waals surface area contributed by atoms with Crippen molar-refractivity contribution in [3.8, 4) is 5.88 Å². The van der Waals surface area contributed by atoms with Crippen LogP contribution in [0.25, 0.3) is 0 Å². The summed E-state index contributed by atoms with van der Waals surface area (Å²) in [4.78, 5) is 10.4. The monoisotopic (exact) mass is 207 g/mol. The molecule has 1 aromatic heterocycles. The fraction of sp³-hybridized carbons (Fsp3) is 0.636. The SMILES string of the molecule is CN(C)C1CCCC1Oc1cnccn1. The lowest BCUT2D eigenvalue weighted by Crippen LogP contribution is -2.38. The lowest BCUT2D eigenvalue weighted by molar-refractivity contribution is 0.116. The molecule has 2 unspecified atom stereocenters. The minimum Gasteiger partial charge on any atom is -0.472 e. The van der Waals surface area contributed by atoms with E-state index in [1.165, 1.54) is 12.8 Å². The molecule has 0 radical (unpaired) electrons. The molecule has 1 fully saturated rings. The highest BCUT2D eigenvalue weighted by Gasteiger charge is 2.30. The largest absolute Gasteiger partial charge is 0.472 e. The zero-order chi connectivity index (χ0) is 10.7. The van der Waals surface area contributed by atoms with Gasteiger partial charge in [0.25, 0.3) is 0 Å². The summed E-state index contributed by atoms with van der Waals surface area (Å²) in [5.41, 5.74) is 0. The average molecular weight is 207 g/mol. The third-order valence-corrected chi connectivity index (χ3v) is 2.89. The van der Waals surface area contributed by atoms with Gasteiger partial charge >= 0.3 is 0 Å². The van der Waals surface area contributed by atoms with E-state index < -0.39 is 0 Å². The normalized spacial score (nSPS) is 25.8. The Morgan fingerprint density at radius 1 is 1.33 bits per heavy atom. The van der Waals surface area contributed by atoms with Gasteiger partial charge in [0.15, 0.2) is 0 Å². The van der Waals surface area contributed by atoms with Gasteiger partial charge < -0.3 is 9.64 Å². The minimum atomic E-state index is 0.261. The number of hydrogen-bond acceptors (Lipinski definition) is 4. The number of aromatic nitrogens is 2. The average Bonchev–Trinajstić information content (AvgIpc) is 2.67. The molecule has 2 rings (SSSR count). The van der Waals surface area contributed by atoms with Crippen molar-refractivity contribution in [2.45, 2.75) is 31.4 Å². The zero-order valence-electron chi connectivity index (χ0n) is 9.26. The highest BCUT2D eigenvalue weighted by Crippen LogP contribution is 2.25. The lowest BCUT2D eigenvalue weighted by atomic mass is 10.2. The molecule has 0 N–H and O–H groups in total. The highest BCUT2D eigenvalue weighted by molar-refractivity contribution is 5.03. The molecule has 15 heavy (non-hydrogen) atoms. The van der Waals surface area contributed by atoms with Crippen molar-refractivity contribution in [3.63, 3.8) is 0 Å². The molecule has 0 aliphatic heterocycles. The fourth-order valence-corrected chi connectivity index (χ4v) is 2.14. The molecule has 0 aromatic carbocycles. The Hall–Kier alpha value is -1.16. The van der Waals surface area contributed by atoms with E-state index in [1.807, 2.05) is 0 Å². The number of rotatable bonds is 3. The third-order valence-electron chi connectivity index (χ3n) is 2.89. The summed E-state index contributed by atoms with van der Waals surface area (Å²) in [6.07, 6.45) is 8.80. The number of likely N-dealkylation sites (N-methyl/N-ethyl adjacent to an activating group) is 1. The van der Waals surface area contributed by atoms with E-state index >= 15 is 0 Å². The highest BCUT2D eigenvalue weighted by atomic mass is 16.5. The first-order valence-electron chi connectivity index (χ1n) is 5.36. The van der Waals surface area contributed by atoms with Gasteiger partial charge in [0, 0.05) is 18.4 Å². The Labute approximate surface area is 90.3 Å². The van der Waals surface area contributed by atoms with Gasteiger partial charge in [-0.1, -0.05) is 0 Å². The summed E-state index contributed by atoms with van der Waals surface area (Å²) in [6, 6.07) is 0.506.